The summed E-state index contributed by atoms with van der Waals surface area (Å²) >= 11 is 0. The van der Waals surface area contributed by atoms with Gasteiger partial charge in [-0.2, -0.15) is 0 Å². The fourth-order valence-electron chi connectivity index (χ4n) is 5.59. The van der Waals surface area contributed by atoms with Crippen LogP contribution in [0.3, 0.4) is 0 Å². The molecular weight excluding hydrogens is 447 g/mol. The quantitative estimate of drug-likeness (QED) is 0.671. The smallest absolute Gasteiger partial charge is 0.252 e. The summed E-state index contributed by atoms with van der Waals surface area (Å²) < 4.78 is 13.7. The van der Waals surface area contributed by atoms with Crippen molar-refractivity contribution in [2.75, 3.05) is 39.3 Å². The number of benzene rings is 1. The number of carbonyl (C=O) groups excluding carboxylic acids is 3. The van der Waals surface area contributed by atoms with Crippen molar-refractivity contribution >= 4 is 17.7 Å². The molecule has 192 valence electrons. The van der Waals surface area contributed by atoms with Gasteiger partial charge in [0.25, 0.3) is 5.91 Å². The van der Waals surface area contributed by atoms with Crippen LogP contribution in [0.2, 0.25) is 0 Å². The van der Waals surface area contributed by atoms with E-state index in [4.69, 9.17) is 0 Å². The van der Waals surface area contributed by atoms with E-state index in [0.29, 0.717) is 38.1 Å². The van der Waals surface area contributed by atoms with Crippen molar-refractivity contribution in [3.63, 3.8) is 0 Å². The minimum atomic E-state index is -0.954. The molecule has 3 amide bonds. The number of piperidine rings is 3. The average Bonchev–Trinajstić information content (AvgIpc) is 2.89. The van der Waals surface area contributed by atoms with Crippen LogP contribution in [0.1, 0.15) is 68.6 Å². The molecule has 0 aliphatic carbocycles. The van der Waals surface area contributed by atoms with E-state index in [1.54, 1.807) is 9.80 Å². The van der Waals surface area contributed by atoms with Crippen molar-refractivity contribution in [2.45, 2.75) is 70.4 Å². The Hall–Kier alpha value is -2.48. The van der Waals surface area contributed by atoms with E-state index in [9.17, 15) is 18.8 Å². The minimum absolute atomic E-state index is 0.0691. The van der Waals surface area contributed by atoms with E-state index in [1.165, 1.54) is 37.5 Å². The van der Waals surface area contributed by atoms with Gasteiger partial charge in [-0.3, -0.25) is 14.4 Å². The molecule has 0 aromatic heterocycles. The normalized spacial score (nSPS) is 21.5. The standard InChI is InChI=1S/C27H39FN4O3/c1-20-8-14-31(15-9-20)25(33)19-24(29-26(34)21-6-5-7-22(28)18-21)27(35)32-16-10-23(11-17-32)30-12-3-2-4-13-30/h5-7,18,20,23-24H,2-4,8-17,19H2,1H3,(H,29,34). The van der Waals surface area contributed by atoms with Crippen molar-refractivity contribution < 1.29 is 18.8 Å². The van der Waals surface area contributed by atoms with Crippen molar-refractivity contribution in [1.82, 2.24) is 20.0 Å². The maximum atomic E-state index is 13.7. The molecule has 35 heavy (non-hydrogen) atoms. The molecule has 0 bridgehead atoms. The van der Waals surface area contributed by atoms with E-state index < -0.39 is 17.8 Å². The molecule has 1 atom stereocenters. The second-order valence-corrected chi connectivity index (χ2v) is 10.5. The Bertz CT molecular complexity index is 888. The summed E-state index contributed by atoms with van der Waals surface area (Å²) in [5.41, 5.74) is 0.144. The Kier molecular flexibility index (Phi) is 8.76. The molecule has 3 fully saturated rings. The van der Waals surface area contributed by atoms with E-state index in [0.717, 1.165) is 44.8 Å². The zero-order chi connectivity index (χ0) is 24.8. The van der Waals surface area contributed by atoms with E-state index in [-0.39, 0.29) is 23.8 Å². The highest BCUT2D eigenvalue weighted by atomic mass is 19.1. The molecule has 1 unspecified atom stereocenters. The number of amides is 3. The van der Waals surface area contributed by atoms with Crippen LogP contribution in [0.25, 0.3) is 0 Å². The number of rotatable bonds is 6. The number of nitrogens with one attached hydrogen (secondary N) is 1. The molecule has 8 heteroatoms. The van der Waals surface area contributed by atoms with Gasteiger partial charge in [-0.25, -0.2) is 4.39 Å². The molecule has 0 radical (unpaired) electrons. The van der Waals surface area contributed by atoms with Crippen LogP contribution in [0.4, 0.5) is 4.39 Å². The van der Waals surface area contributed by atoms with Crippen molar-refractivity contribution in [3.8, 4) is 0 Å². The van der Waals surface area contributed by atoms with Crippen LogP contribution in [0.5, 0.6) is 0 Å². The third kappa shape index (κ3) is 6.81. The number of halogens is 1. The lowest BCUT2D eigenvalue weighted by atomic mass is 9.97. The number of likely N-dealkylation sites (tertiary alicyclic amines) is 3. The lowest BCUT2D eigenvalue weighted by Crippen LogP contribution is -2.55. The molecule has 7 nitrogen and oxygen atoms in total. The third-order valence-corrected chi connectivity index (χ3v) is 7.89. The molecule has 3 aliphatic heterocycles. The van der Waals surface area contributed by atoms with Gasteiger partial charge in [0.1, 0.15) is 11.9 Å². The second kappa shape index (κ2) is 12.0. The van der Waals surface area contributed by atoms with E-state index in [1.807, 2.05) is 0 Å². The summed E-state index contributed by atoms with van der Waals surface area (Å²) in [4.78, 5) is 45.6. The van der Waals surface area contributed by atoms with E-state index in [2.05, 4.69) is 17.1 Å². The van der Waals surface area contributed by atoms with Gasteiger partial charge < -0.3 is 20.0 Å². The topological polar surface area (TPSA) is 73.0 Å². The van der Waals surface area contributed by atoms with Crippen molar-refractivity contribution in [2.24, 2.45) is 5.92 Å². The summed E-state index contributed by atoms with van der Waals surface area (Å²) in [6.45, 7) is 7.06. The predicted octanol–water partition coefficient (Wildman–Crippen LogP) is 3.05. The molecule has 4 rings (SSSR count). The highest BCUT2D eigenvalue weighted by molar-refractivity contribution is 5.99. The van der Waals surface area contributed by atoms with Crippen LogP contribution in [-0.2, 0) is 9.59 Å². The fraction of sp³-hybridized carbons (Fsp3) is 0.667. The van der Waals surface area contributed by atoms with Crippen LogP contribution in [0, 0.1) is 11.7 Å². The van der Waals surface area contributed by atoms with Crippen molar-refractivity contribution in [1.29, 1.82) is 0 Å². The van der Waals surface area contributed by atoms with Gasteiger partial charge in [0.2, 0.25) is 11.8 Å². The molecule has 1 aromatic rings. The van der Waals surface area contributed by atoms with Gasteiger partial charge in [-0.15, -0.1) is 0 Å². The third-order valence-electron chi connectivity index (χ3n) is 7.89. The van der Waals surface area contributed by atoms with Gasteiger partial charge in [0.05, 0.1) is 6.42 Å². The summed E-state index contributed by atoms with van der Waals surface area (Å²) in [5, 5.41) is 2.76. The lowest BCUT2D eigenvalue weighted by molar-refractivity contribution is -0.140. The summed E-state index contributed by atoms with van der Waals surface area (Å²) in [6.07, 6.45) is 7.43. The Labute approximate surface area is 208 Å². The Balaban J connectivity index is 1.41. The Morgan fingerprint density at radius 2 is 1.60 bits per heavy atom. The number of hydrogen-bond acceptors (Lipinski definition) is 4. The molecule has 0 saturated carbocycles. The van der Waals surface area contributed by atoms with E-state index >= 15 is 0 Å². The fourth-order valence-corrected chi connectivity index (χ4v) is 5.59. The number of hydrogen-bond donors (Lipinski definition) is 1. The number of carbonyl (C=O) groups is 3. The second-order valence-electron chi connectivity index (χ2n) is 10.5. The molecule has 1 N–H and O–H groups in total. The van der Waals surface area contributed by atoms with Crippen LogP contribution < -0.4 is 5.32 Å². The lowest BCUT2D eigenvalue weighted by Gasteiger charge is -2.41. The molecule has 3 aliphatic rings. The monoisotopic (exact) mass is 486 g/mol. The Morgan fingerprint density at radius 3 is 2.26 bits per heavy atom. The SMILES string of the molecule is CC1CCN(C(=O)CC(NC(=O)c2cccc(F)c2)C(=O)N2CCC(N3CCCCC3)CC2)CC1. The van der Waals surface area contributed by atoms with Gasteiger partial charge in [0.15, 0.2) is 0 Å². The maximum absolute atomic E-state index is 13.7. The summed E-state index contributed by atoms with van der Waals surface area (Å²) in [6, 6.07) is 4.94. The zero-order valence-corrected chi connectivity index (χ0v) is 20.9. The maximum Gasteiger partial charge on any atom is 0.252 e. The average molecular weight is 487 g/mol. The van der Waals surface area contributed by atoms with Crippen LogP contribution in [-0.4, -0.2) is 83.8 Å². The first-order valence-electron chi connectivity index (χ1n) is 13.3. The van der Waals surface area contributed by atoms with Crippen molar-refractivity contribution in [3.05, 3.63) is 35.6 Å². The number of nitrogens with zero attached hydrogens (tertiary/aromatic N) is 3. The molecule has 3 heterocycles. The molecule has 1 aromatic carbocycles. The first kappa shape index (κ1) is 25.6. The van der Waals surface area contributed by atoms with Gasteiger partial charge >= 0.3 is 0 Å². The Morgan fingerprint density at radius 1 is 0.943 bits per heavy atom. The first-order valence-corrected chi connectivity index (χ1v) is 13.3. The minimum Gasteiger partial charge on any atom is -0.343 e. The molecule has 3 saturated heterocycles. The highest BCUT2D eigenvalue weighted by Crippen LogP contribution is 2.22. The highest BCUT2D eigenvalue weighted by Gasteiger charge is 2.34. The van der Waals surface area contributed by atoms with Gasteiger partial charge in [0, 0.05) is 37.8 Å². The summed E-state index contributed by atoms with van der Waals surface area (Å²) in [7, 11) is 0. The summed E-state index contributed by atoms with van der Waals surface area (Å²) in [5.74, 6) is -0.793. The molecule has 0 spiro atoms. The van der Waals surface area contributed by atoms with Gasteiger partial charge in [-0.05, 0) is 75.7 Å². The van der Waals surface area contributed by atoms with Gasteiger partial charge in [-0.1, -0.05) is 19.4 Å². The predicted molar refractivity (Wildman–Crippen MR) is 132 cm³/mol. The first-order chi connectivity index (χ1) is 16.9. The van der Waals surface area contributed by atoms with Crippen LogP contribution >= 0.6 is 0 Å². The zero-order valence-electron chi connectivity index (χ0n) is 20.9. The largest absolute Gasteiger partial charge is 0.343 e. The molecular formula is C27H39FN4O3. The van der Waals surface area contributed by atoms with Crippen LogP contribution in [0.15, 0.2) is 24.3 Å².